The van der Waals surface area contributed by atoms with E-state index in [1.165, 1.54) is 16.9 Å². The van der Waals surface area contributed by atoms with Crippen molar-refractivity contribution >= 4 is 127 Å². The maximum Gasteiger partial charge on any atom is 0.412 e. The van der Waals surface area contributed by atoms with Crippen molar-refractivity contribution in [1.29, 1.82) is 16.2 Å². The molecule has 0 spiro atoms. The molecule has 0 saturated carbocycles. The van der Waals surface area contributed by atoms with Gasteiger partial charge in [0.15, 0.2) is 5.78 Å². The van der Waals surface area contributed by atoms with Crippen LogP contribution in [0.4, 0.5) is 43.1 Å². The van der Waals surface area contributed by atoms with Crippen molar-refractivity contribution in [2.75, 3.05) is 65.8 Å². The highest BCUT2D eigenvalue weighted by molar-refractivity contribution is 6.09. The van der Waals surface area contributed by atoms with Gasteiger partial charge >= 0.3 is 30.2 Å². The number of esters is 1. The molecule has 10 N–H and O–H groups in total. The van der Waals surface area contributed by atoms with Gasteiger partial charge in [-0.25, -0.2) is 39.3 Å². The number of anilines is 5. The number of nitrogens with zero attached hydrogens (tertiary/aromatic N) is 10. The zero-order valence-corrected chi connectivity index (χ0v) is 70.1. The third kappa shape index (κ3) is 27.2. The summed E-state index contributed by atoms with van der Waals surface area (Å²) in [7, 11) is 7.05. The number of rotatable bonds is 38. The first-order valence-corrected chi connectivity index (χ1v) is 40.7. The van der Waals surface area contributed by atoms with Crippen LogP contribution in [-0.2, 0) is 69.3 Å². The van der Waals surface area contributed by atoms with E-state index in [-0.39, 0.29) is 61.0 Å². The number of benzene rings is 6. The van der Waals surface area contributed by atoms with Crippen LogP contribution in [0.5, 0.6) is 0 Å². The zero-order valence-electron chi connectivity index (χ0n) is 70.1. The number of pyridine rings is 2. The lowest BCUT2D eigenvalue weighted by Crippen LogP contribution is -2.33. The number of aliphatic carboxylic acids is 1. The van der Waals surface area contributed by atoms with Crippen LogP contribution in [0.1, 0.15) is 183 Å². The number of methoxy groups -OCH3 is 1. The van der Waals surface area contributed by atoms with Gasteiger partial charge in [0, 0.05) is 97.1 Å². The fraction of sp³-hybridized carbons (Fsp3) is 0.333. The van der Waals surface area contributed by atoms with Gasteiger partial charge in [0.2, 0.25) is 0 Å². The van der Waals surface area contributed by atoms with Crippen LogP contribution < -0.4 is 41.7 Å². The number of amidine groups is 3. The lowest BCUT2D eigenvalue weighted by atomic mass is 10.1. The first kappa shape index (κ1) is 91.7. The van der Waals surface area contributed by atoms with E-state index in [0.717, 1.165) is 134 Å². The summed E-state index contributed by atoms with van der Waals surface area (Å²) in [6, 6.07) is 47.9. The Balaban J connectivity index is 0.000000210. The molecular weight excluding hydrogens is 1560 g/mol. The first-order chi connectivity index (χ1) is 58.9. The van der Waals surface area contributed by atoms with Crippen LogP contribution in [0.2, 0.25) is 0 Å². The summed E-state index contributed by atoms with van der Waals surface area (Å²) in [6.07, 6.45) is 13.3. The van der Waals surface area contributed by atoms with Crippen LogP contribution >= 0.6 is 0 Å². The Bertz CT molecular complexity index is 5400. The molecule has 11 rings (SSSR count). The van der Waals surface area contributed by atoms with E-state index in [9.17, 15) is 43.5 Å². The molecule has 5 aromatic heterocycles. The second-order valence-electron chi connectivity index (χ2n) is 28.6. The number of fused-ring (bicyclic) bond motifs is 3. The average Bonchev–Trinajstić information content (AvgIpc) is 1.56. The number of amides is 5. The molecule has 11 aromatic rings. The Morgan fingerprint density at radius 1 is 0.410 bits per heavy atom. The lowest BCUT2D eigenvalue weighted by Gasteiger charge is -2.21. The Morgan fingerprint density at radius 2 is 0.730 bits per heavy atom. The summed E-state index contributed by atoms with van der Waals surface area (Å²) in [5.74, 6) is 0.986. The smallest absolute Gasteiger partial charge is 0.412 e. The van der Waals surface area contributed by atoms with Crippen molar-refractivity contribution in [2.24, 2.45) is 21.1 Å². The molecule has 0 atom stereocenters. The number of alkyl carbamates (subject to hydrolysis) is 3. The summed E-state index contributed by atoms with van der Waals surface area (Å²) in [4.78, 5) is 123. The van der Waals surface area contributed by atoms with Gasteiger partial charge in [-0.3, -0.25) is 66.0 Å². The van der Waals surface area contributed by atoms with E-state index >= 15 is 0 Å². The maximum absolute atomic E-state index is 13.5. The molecule has 122 heavy (non-hydrogen) atoms. The molecule has 6 aromatic carbocycles. The van der Waals surface area contributed by atoms with Crippen molar-refractivity contribution in [1.82, 2.24) is 54.6 Å². The van der Waals surface area contributed by atoms with Crippen LogP contribution in [0.3, 0.4) is 0 Å². The Labute approximate surface area is 708 Å². The van der Waals surface area contributed by atoms with Crippen LogP contribution in [0.15, 0.2) is 176 Å². The monoisotopic (exact) mass is 1660 g/mol. The number of hydrogen-bond acceptors (Lipinski definition) is 23. The SMILES string of the molecule is CCCCCCOC(=O)NC(=N)c1ccc(NCc2nc3cc(C(=O)N(CCC(=O)O)c4ccccn4)ccc3n2C)cc1.CCCCCCOC(=O)NC(=N)c1ccc(NCc2nc3cc(C(=O)N(CCC(=O)OC)c4ccccn4)ccc3n2C)cc1.CCCCCCOC(=O)NC(=N)c1ccc(NCc2nc3cc(C(C)=O)ccc3n2C)cc1. The lowest BCUT2D eigenvalue weighted by molar-refractivity contribution is -0.140. The van der Waals surface area contributed by atoms with Gasteiger partial charge in [-0.2, -0.15) is 0 Å². The highest BCUT2D eigenvalue weighted by atomic mass is 16.6. The Kier molecular flexibility index (Phi) is 35.2. The number of carboxylic acids is 1. The molecule has 0 unspecified atom stereocenters. The Morgan fingerprint density at radius 3 is 1.03 bits per heavy atom. The fourth-order valence-corrected chi connectivity index (χ4v) is 12.7. The number of ether oxygens (including phenoxy) is 4. The number of aryl methyl sites for hydroxylation is 3. The highest BCUT2D eigenvalue weighted by Gasteiger charge is 2.25. The van der Waals surface area contributed by atoms with Crippen molar-refractivity contribution in [3.63, 3.8) is 0 Å². The molecule has 5 amide bonds. The number of carboxylic acid groups (broad SMARTS) is 1. The van der Waals surface area contributed by atoms with Gasteiger partial charge in [0.25, 0.3) is 11.8 Å². The summed E-state index contributed by atoms with van der Waals surface area (Å²) in [5.41, 5.74) is 10.3. The fourth-order valence-electron chi connectivity index (χ4n) is 12.7. The summed E-state index contributed by atoms with van der Waals surface area (Å²) >= 11 is 0. The quantitative estimate of drug-likeness (QED) is 0.00429. The number of carbonyl (C=O) groups is 8. The van der Waals surface area contributed by atoms with Crippen molar-refractivity contribution in [3.05, 3.63) is 227 Å². The number of nitrogens with one attached hydrogen (secondary N) is 9. The van der Waals surface area contributed by atoms with Gasteiger partial charge < -0.3 is 53.7 Å². The minimum absolute atomic E-state index is 0.00302. The third-order valence-corrected chi connectivity index (χ3v) is 19.7. The molecule has 0 radical (unpaired) electrons. The van der Waals surface area contributed by atoms with E-state index in [1.54, 1.807) is 116 Å². The standard InChI is InChI=1S/C33H39N7O5.C32H37N7O5.C25H31N5O3/c1-4-5-6-9-20-45-33(43)38-31(34)23-11-14-25(15-12-23)36-22-29-37-26-21-24(13-16-27(26)39(29)2)32(42)40(19-17-30(41)44-3)28-10-7-8-18-35-28;1-3-4-5-8-19-44-32(43)37-30(33)22-10-13-24(14-11-22)35-21-28-36-25-20-23(12-15-26(25)38(28)2)31(42)39(18-16-29(40)41)27-9-6-7-17-34-27;1-4-5-6-7-14-33-25(32)29-24(26)18-8-11-20(12-9-18)27-16-23-28-21-15-19(17(2)31)10-13-22(21)30(23)3/h7-8,10-16,18,21,36H,4-6,9,17,19-20,22H2,1-3H3,(H2,34,38,43);6-7,9-15,17,20,35H,3-5,8,16,18-19,21H2,1-2H3,(H,40,41)(H2,33,37,43);8-13,15,27H,4-7,14,16H2,1-3H3,(H2,26,29,32). The molecule has 0 bridgehead atoms. The van der Waals surface area contributed by atoms with Crippen molar-refractivity contribution < 1.29 is 62.4 Å². The van der Waals surface area contributed by atoms with Crippen molar-refractivity contribution in [2.45, 2.75) is 137 Å². The number of carbonyl (C=O) groups excluding carboxylic acids is 7. The third-order valence-electron chi connectivity index (χ3n) is 19.7. The number of imidazole rings is 3. The molecule has 5 heterocycles. The number of hydrogen-bond donors (Lipinski definition) is 10. The maximum atomic E-state index is 13.5. The summed E-state index contributed by atoms with van der Waals surface area (Å²) < 4.78 is 26.0. The van der Waals surface area contributed by atoms with Gasteiger partial charge in [-0.05, 0) is 178 Å². The van der Waals surface area contributed by atoms with E-state index in [4.69, 9.17) is 45.1 Å². The van der Waals surface area contributed by atoms with Crippen LogP contribution in [0.25, 0.3) is 33.1 Å². The van der Waals surface area contributed by atoms with E-state index in [0.29, 0.717) is 95.5 Å². The average molecular weight is 1660 g/mol. The van der Waals surface area contributed by atoms with Gasteiger partial charge in [-0.15, -0.1) is 0 Å². The topological polar surface area (TPSA) is 423 Å². The predicted octanol–water partition coefficient (Wildman–Crippen LogP) is 15.8. The normalized spacial score (nSPS) is 10.8. The molecule has 32 heteroatoms. The Hall–Kier alpha value is -14.2. The largest absolute Gasteiger partial charge is 0.481 e. The molecule has 640 valence electrons. The molecular formula is C90H107N19O13. The van der Waals surface area contributed by atoms with Gasteiger partial charge in [-0.1, -0.05) is 90.7 Å². The molecule has 0 aliphatic rings. The number of unbranched alkanes of at least 4 members (excludes halogenated alkanes) is 9. The molecule has 32 nitrogen and oxygen atoms in total. The number of ketones is 1. The van der Waals surface area contributed by atoms with Crippen molar-refractivity contribution in [3.8, 4) is 0 Å². The van der Waals surface area contributed by atoms with Crippen LogP contribution in [0, 0.1) is 16.2 Å². The van der Waals surface area contributed by atoms with Gasteiger partial charge in [0.05, 0.1) is 92.5 Å². The minimum Gasteiger partial charge on any atom is -0.481 e. The summed E-state index contributed by atoms with van der Waals surface area (Å²) in [5, 5.41) is 51.0. The summed E-state index contributed by atoms with van der Waals surface area (Å²) in [6.45, 7) is 10.3. The predicted molar refractivity (Wildman–Crippen MR) is 471 cm³/mol. The second kappa shape index (κ2) is 46.8. The number of aromatic nitrogens is 8. The second-order valence-corrected chi connectivity index (χ2v) is 28.6. The van der Waals surface area contributed by atoms with Crippen LogP contribution in [-0.4, -0.2) is 149 Å². The first-order valence-electron chi connectivity index (χ1n) is 40.7. The molecule has 0 aliphatic heterocycles. The van der Waals surface area contributed by atoms with E-state index < -0.39 is 30.2 Å². The highest BCUT2D eigenvalue weighted by Crippen LogP contribution is 2.26. The molecule has 0 fully saturated rings. The minimum atomic E-state index is -1.01. The molecule has 0 aliphatic carbocycles. The van der Waals surface area contributed by atoms with E-state index in [1.807, 2.05) is 102 Å². The van der Waals surface area contributed by atoms with Gasteiger partial charge in [0.1, 0.15) is 46.6 Å². The molecule has 0 saturated heterocycles. The zero-order chi connectivity index (χ0) is 87.5. The van der Waals surface area contributed by atoms with E-state index in [2.05, 4.69) is 67.6 Å². The number of Topliss-reactive ketones (excluding diaryl/α,β-unsaturated/α-hetero) is 1.